The third kappa shape index (κ3) is 2.20. The number of hydrogen-bond acceptors (Lipinski definition) is 5. The van der Waals surface area contributed by atoms with Crippen molar-refractivity contribution >= 4 is 5.82 Å². The van der Waals surface area contributed by atoms with Crippen molar-refractivity contribution in [2.24, 2.45) is 5.84 Å². The molecular formula is C13H22N4O. The number of hydrogen-bond donors (Lipinski definition) is 2. The zero-order chi connectivity index (χ0) is 13.4. The monoisotopic (exact) mass is 250 g/mol. The van der Waals surface area contributed by atoms with E-state index in [1.807, 2.05) is 6.07 Å². The van der Waals surface area contributed by atoms with Gasteiger partial charge in [0.2, 0.25) is 0 Å². The highest BCUT2D eigenvalue weighted by molar-refractivity contribution is 5.37. The molecular weight excluding hydrogens is 228 g/mol. The number of nitrogens with zero attached hydrogens (tertiary/aromatic N) is 2. The summed E-state index contributed by atoms with van der Waals surface area (Å²) >= 11 is 0. The van der Waals surface area contributed by atoms with E-state index in [1.165, 1.54) is 0 Å². The molecule has 0 spiro atoms. The van der Waals surface area contributed by atoms with E-state index in [0.29, 0.717) is 5.82 Å². The lowest BCUT2D eigenvalue weighted by Gasteiger charge is -2.39. The molecule has 0 aliphatic heterocycles. The van der Waals surface area contributed by atoms with Gasteiger partial charge in [-0.25, -0.2) is 15.8 Å². The van der Waals surface area contributed by atoms with Gasteiger partial charge in [0.1, 0.15) is 11.4 Å². The quantitative estimate of drug-likeness (QED) is 0.634. The van der Waals surface area contributed by atoms with Crippen LogP contribution in [0.3, 0.4) is 0 Å². The van der Waals surface area contributed by atoms with Crippen LogP contribution in [0.15, 0.2) is 6.07 Å². The molecule has 5 heteroatoms. The predicted octanol–water partition coefficient (Wildman–Crippen LogP) is 2.09. The van der Waals surface area contributed by atoms with Gasteiger partial charge < -0.3 is 10.2 Å². The Labute approximate surface area is 108 Å². The Hall–Kier alpha value is -1.20. The smallest absolute Gasteiger partial charge is 0.162 e. The molecule has 18 heavy (non-hydrogen) atoms. The molecule has 0 saturated heterocycles. The van der Waals surface area contributed by atoms with Crippen molar-refractivity contribution in [2.45, 2.75) is 51.0 Å². The maximum Gasteiger partial charge on any atom is 0.162 e. The van der Waals surface area contributed by atoms with Gasteiger partial charge in [-0.2, -0.15) is 0 Å². The highest BCUT2D eigenvalue weighted by Gasteiger charge is 2.42. The predicted molar refractivity (Wildman–Crippen MR) is 71.1 cm³/mol. The first kappa shape index (κ1) is 13.2. The number of anilines is 1. The summed E-state index contributed by atoms with van der Waals surface area (Å²) in [5, 5.41) is 0. The molecule has 0 radical (unpaired) electrons. The first-order valence-corrected chi connectivity index (χ1v) is 6.33. The standard InChI is InChI=1S/C13H22N4O/c1-12(2,3)9-8-10(17-14)16-11(15-9)13(18-4)6-5-7-13/h8H,5-7,14H2,1-4H3,(H,15,16,17). The SMILES string of the molecule is COC1(c2nc(NN)cc(C(C)(C)C)n2)CCC1. The molecule has 0 unspecified atom stereocenters. The van der Waals surface area contributed by atoms with Gasteiger partial charge in [-0.05, 0) is 19.3 Å². The van der Waals surface area contributed by atoms with Crippen molar-refractivity contribution < 1.29 is 4.74 Å². The fourth-order valence-electron chi connectivity index (χ4n) is 2.13. The first-order chi connectivity index (χ1) is 8.41. The summed E-state index contributed by atoms with van der Waals surface area (Å²) in [6.45, 7) is 6.37. The number of rotatable bonds is 3. The van der Waals surface area contributed by atoms with Gasteiger partial charge >= 0.3 is 0 Å². The Kier molecular flexibility index (Phi) is 3.29. The van der Waals surface area contributed by atoms with Gasteiger partial charge in [0, 0.05) is 18.6 Å². The molecule has 1 aromatic heterocycles. The number of nitrogens with one attached hydrogen (secondary N) is 1. The summed E-state index contributed by atoms with van der Waals surface area (Å²) in [5.41, 5.74) is 3.24. The molecule has 100 valence electrons. The molecule has 1 aliphatic rings. The summed E-state index contributed by atoms with van der Waals surface area (Å²) in [4.78, 5) is 9.14. The molecule has 1 aliphatic carbocycles. The highest BCUT2D eigenvalue weighted by atomic mass is 16.5. The molecule has 2 rings (SSSR count). The maximum absolute atomic E-state index is 5.63. The molecule has 0 atom stereocenters. The number of hydrazine groups is 1. The molecule has 5 nitrogen and oxygen atoms in total. The van der Waals surface area contributed by atoms with Crippen molar-refractivity contribution in [3.63, 3.8) is 0 Å². The van der Waals surface area contributed by atoms with Crippen LogP contribution < -0.4 is 11.3 Å². The van der Waals surface area contributed by atoms with Crippen LogP contribution in [-0.2, 0) is 15.8 Å². The number of ether oxygens (including phenoxy) is 1. The van der Waals surface area contributed by atoms with E-state index in [1.54, 1.807) is 7.11 Å². The second-order valence-corrected chi connectivity index (χ2v) is 5.91. The van der Waals surface area contributed by atoms with Crippen molar-refractivity contribution in [1.29, 1.82) is 0 Å². The van der Waals surface area contributed by atoms with Crippen molar-refractivity contribution in [1.82, 2.24) is 9.97 Å². The zero-order valence-corrected chi connectivity index (χ0v) is 11.6. The topological polar surface area (TPSA) is 73.1 Å². The van der Waals surface area contributed by atoms with Crippen LogP contribution >= 0.6 is 0 Å². The first-order valence-electron chi connectivity index (χ1n) is 6.33. The normalized spacial score (nSPS) is 18.3. The second-order valence-electron chi connectivity index (χ2n) is 5.91. The summed E-state index contributed by atoms with van der Waals surface area (Å²) in [6, 6.07) is 1.89. The van der Waals surface area contributed by atoms with Crippen LogP contribution in [0.1, 0.15) is 51.6 Å². The van der Waals surface area contributed by atoms with Crippen LogP contribution in [0, 0.1) is 0 Å². The van der Waals surface area contributed by atoms with Crippen molar-refractivity contribution in [3.8, 4) is 0 Å². The van der Waals surface area contributed by atoms with Gasteiger partial charge in [-0.1, -0.05) is 20.8 Å². The Balaban J connectivity index is 2.47. The molecule has 0 amide bonds. The molecule has 1 fully saturated rings. The summed E-state index contributed by atoms with van der Waals surface area (Å²) in [6.07, 6.45) is 3.10. The molecule has 0 bridgehead atoms. The van der Waals surface area contributed by atoms with Gasteiger partial charge in [-0.15, -0.1) is 0 Å². The third-order valence-corrected chi connectivity index (χ3v) is 3.60. The Morgan fingerprint density at radius 3 is 2.39 bits per heavy atom. The van der Waals surface area contributed by atoms with E-state index >= 15 is 0 Å². The van der Waals surface area contributed by atoms with Crippen LogP contribution in [0.5, 0.6) is 0 Å². The molecule has 1 saturated carbocycles. The maximum atomic E-state index is 5.63. The Morgan fingerprint density at radius 2 is 2.00 bits per heavy atom. The summed E-state index contributed by atoms with van der Waals surface area (Å²) < 4.78 is 5.63. The van der Waals surface area contributed by atoms with Crippen LogP contribution in [0.25, 0.3) is 0 Å². The zero-order valence-electron chi connectivity index (χ0n) is 11.6. The van der Waals surface area contributed by atoms with Gasteiger partial charge in [0.15, 0.2) is 5.82 Å². The fraction of sp³-hybridized carbons (Fsp3) is 0.692. The van der Waals surface area contributed by atoms with Crippen molar-refractivity contribution in [3.05, 3.63) is 17.6 Å². The molecule has 0 aromatic carbocycles. The van der Waals surface area contributed by atoms with Gasteiger partial charge in [0.05, 0.1) is 5.69 Å². The minimum Gasteiger partial charge on any atom is -0.370 e. The van der Waals surface area contributed by atoms with E-state index < -0.39 is 0 Å². The van der Waals surface area contributed by atoms with E-state index in [2.05, 4.69) is 36.2 Å². The van der Waals surface area contributed by atoms with Crippen LogP contribution in [-0.4, -0.2) is 17.1 Å². The lowest BCUT2D eigenvalue weighted by atomic mass is 9.79. The lowest BCUT2D eigenvalue weighted by molar-refractivity contribution is -0.0847. The fourth-order valence-corrected chi connectivity index (χ4v) is 2.13. The van der Waals surface area contributed by atoms with Gasteiger partial charge in [-0.3, -0.25) is 0 Å². The van der Waals surface area contributed by atoms with Gasteiger partial charge in [0.25, 0.3) is 0 Å². The number of nitrogen functional groups attached to an aromatic ring is 1. The van der Waals surface area contributed by atoms with E-state index in [0.717, 1.165) is 30.8 Å². The third-order valence-electron chi connectivity index (χ3n) is 3.60. The van der Waals surface area contributed by atoms with E-state index in [4.69, 9.17) is 10.6 Å². The Morgan fingerprint density at radius 1 is 1.33 bits per heavy atom. The lowest BCUT2D eigenvalue weighted by Crippen LogP contribution is -2.39. The molecule has 1 heterocycles. The number of nitrogens with two attached hydrogens (primary N) is 1. The number of aromatic nitrogens is 2. The second kappa shape index (κ2) is 4.48. The summed E-state index contributed by atoms with van der Waals surface area (Å²) in [5.74, 6) is 6.89. The molecule has 3 N–H and O–H groups in total. The van der Waals surface area contributed by atoms with E-state index in [9.17, 15) is 0 Å². The average molecular weight is 250 g/mol. The minimum atomic E-state index is -0.313. The minimum absolute atomic E-state index is 0.0397. The average Bonchev–Trinajstić information content (AvgIpc) is 2.27. The highest BCUT2D eigenvalue weighted by Crippen LogP contribution is 2.43. The molecule has 1 aromatic rings. The number of methoxy groups -OCH3 is 1. The summed E-state index contributed by atoms with van der Waals surface area (Å²) in [7, 11) is 1.72. The van der Waals surface area contributed by atoms with Crippen molar-refractivity contribution in [2.75, 3.05) is 12.5 Å². The Bertz CT molecular complexity index is 430. The van der Waals surface area contributed by atoms with Crippen LogP contribution in [0.2, 0.25) is 0 Å². The largest absolute Gasteiger partial charge is 0.370 e. The van der Waals surface area contributed by atoms with Crippen LogP contribution in [0.4, 0.5) is 5.82 Å². The van der Waals surface area contributed by atoms with E-state index in [-0.39, 0.29) is 11.0 Å².